The second kappa shape index (κ2) is 4.77. The molecule has 0 amide bonds. The largest absolute Gasteiger partial charge is 0.492 e. The lowest BCUT2D eigenvalue weighted by Crippen LogP contribution is -2.01. The van der Waals surface area contributed by atoms with Gasteiger partial charge < -0.3 is 4.74 Å². The molecule has 3 rings (SSSR count). The monoisotopic (exact) mass is 240 g/mol. The molecular formula is C15H16N2O. The van der Waals surface area contributed by atoms with Crippen LogP contribution in [0.1, 0.15) is 23.5 Å². The normalized spacial score (nSPS) is 21.6. The molecule has 0 radical (unpaired) electrons. The zero-order chi connectivity index (χ0) is 12.4. The zero-order valence-corrected chi connectivity index (χ0v) is 10.4. The maximum absolute atomic E-state index is 5.73. The van der Waals surface area contributed by atoms with Crippen LogP contribution in [0, 0.1) is 12.8 Å². The first-order valence-corrected chi connectivity index (χ1v) is 6.27. The van der Waals surface area contributed by atoms with E-state index in [9.17, 15) is 0 Å². The van der Waals surface area contributed by atoms with Crippen LogP contribution in [0.5, 0.6) is 5.75 Å². The molecule has 1 aliphatic carbocycles. The molecule has 18 heavy (non-hydrogen) atoms. The summed E-state index contributed by atoms with van der Waals surface area (Å²) in [5, 5.41) is 0. The third kappa shape index (κ3) is 2.50. The van der Waals surface area contributed by atoms with Crippen LogP contribution in [-0.4, -0.2) is 16.6 Å². The summed E-state index contributed by atoms with van der Waals surface area (Å²) in [5.74, 6) is 2.09. The fourth-order valence-electron chi connectivity index (χ4n) is 2.26. The molecule has 0 unspecified atom stereocenters. The number of aromatic nitrogens is 2. The number of hydrogen-bond acceptors (Lipinski definition) is 3. The first-order chi connectivity index (χ1) is 8.83. The Kier molecular flexibility index (Phi) is 2.97. The Morgan fingerprint density at radius 1 is 1.28 bits per heavy atom. The molecule has 2 atom stereocenters. The Bertz CT molecular complexity index is 527. The van der Waals surface area contributed by atoms with Crippen LogP contribution in [0.4, 0.5) is 0 Å². The van der Waals surface area contributed by atoms with E-state index in [0.29, 0.717) is 11.8 Å². The summed E-state index contributed by atoms with van der Waals surface area (Å²) in [4.78, 5) is 8.28. The lowest BCUT2D eigenvalue weighted by Gasteiger charge is -2.05. The molecule has 2 aromatic heterocycles. The van der Waals surface area contributed by atoms with Gasteiger partial charge in [0.2, 0.25) is 0 Å². The summed E-state index contributed by atoms with van der Waals surface area (Å²) < 4.78 is 5.73. The van der Waals surface area contributed by atoms with Gasteiger partial charge >= 0.3 is 0 Å². The average molecular weight is 240 g/mol. The van der Waals surface area contributed by atoms with E-state index >= 15 is 0 Å². The summed E-state index contributed by atoms with van der Waals surface area (Å²) in [6, 6.07) is 6.06. The van der Waals surface area contributed by atoms with Gasteiger partial charge in [0.05, 0.1) is 12.8 Å². The number of ether oxygens (including phenoxy) is 1. The summed E-state index contributed by atoms with van der Waals surface area (Å²) in [6.45, 7) is 2.85. The fourth-order valence-corrected chi connectivity index (χ4v) is 2.26. The van der Waals surface area contributed by atoms with Crippen LogP contribution in [-0.2, 0) is 0 Å². The van der Waals surface area contributed by atoms with Crippen molar-refractivity contribution in [1.82, 2.24) is 9.97 Å². The summed E-state index contributed by atoms with van der Waals surface area (Å²) >= 11 is 0. The highest BCUT2D eigenvalue weighted by Crippen LogP contribution is 2.47. The van der Waals surface area contributed by atoms with Gasteiger partial charge in [-0.15, -0.1) is 0 Å². The molecule has 92 valence electrons. The van der Waals surface area contributed by atoms with Gasteiger partial charge in [-0.1, -0.05) is 6.07 Å². The van der Waals surface area contributed by atoms with Crippen LogP contribution in [0.15, 0.2) is 43.0 Å². The summed E-state index contributed by atoms with van der Waals surface area (Å²) in [5.41, 5.74) is 2.57. The van der Waals surface area contributed by atoms with Crippen molar-refractivity contribution < 1.29 is 4.74 Å². The van der Waals surface area contributed by atoms with Gasteiger partial charge in [0.15, 0.2) is 0 Å². The van der Waals surface area contributed by atoms with Gasteiger partial charge in [0, 0.05) is 24.5 Å². The van der Waals surface area contributed by atoms with Crippen LogP contribution >= 0.6 is 0 Å². The van der Waals surface area contributed by atoms with Gasteiger partial charge in [-0.3, -0.25) is 9.97 Å². The predicted octanol–water partition coefficient (Wildman–Crippen LogP) is 2.97. The Hall–Kier alpha value is -1.90. The smallest absolute Gasteiger partial charge is 0.137 e. The molecular weight excluding hydrogens is 224 g/mol. The molecule has 3 heteroatoms. The van der Waals surface area contributed by atoms with Crippen LogP contribution < -0.4 is 4.74 Å². The van der Waals surface area contributed by atoms with Crippen molar-refractivity contribution in [3.05, 3.63) is 54.1 Å². The molecule has 0 aliphatic heterocycles. The molecule has 1 fully saturated rings. The number of hydrogen-bond donors (Lipinski definition) is 0. The van der Waals surface area contributed by atoms with Gasteiger partial charge in [0.1, 0.15) is 5.75 Å². The summed E-state index contributed by atoms with van der Waals surface area (Å²) in [7, 11) is 0. The van der Waals surface area contributed by atoms with Crippen molar-refractivity contribution >= 4 is 0 Å². The van der Waals surface area contributed by atoms with Gasteiger partial charge in [-0.2, -0.15) is 0 Å². The minimum Gasteiger partial charge on any atom is -0.492 e. The SMILES string of the molecule is Cc1cncc([C@H]2C[C@@H]2COc2cccnc2)c1. The first kappa shape index (κ1) is 11.2. The van der Waals surface area contributed by atoms with E-state index in [4.69, 9.17) is 4.74 Å². The standard InChI is InChI=1S/C15H16N2O/c1-11-5-12(8-17-7-11)15-6-13(15)10-18-14-3-2-4-16-9-14/h2-5,7-9,13,15H,6,10H2,1H3/t13-,15-/m1/s1. The average Bonchev–Trinajstić information content (AvgIpc) is 3.17. The molecule has 0 N–H and O–H groups in total. The third-order valence-electron chi connectivity index (χ3n) is 3.35. The minimum absolute atomic E-state index is 0.619. The zero-order valence-electron chi connectivity index (χ0n) is 10.4. The molecule has 2 heterocycles. The van der Waals surface area contributed by atoms with E-state index in [2.05, 4.69) is 23.0 Å². The Morgan fingerprint density at radius 2 is 2.22 bits per heavy atom. The van der Waals surface area contributed by atoms with E-state index in [-0.39, 0.29) is 0 Å². The molecule has 2 aromatic rings. The van der Waals surface area contributed by atoms with Gasteiger partial charge in [0.25, 0.3) is 0 Å². The van der Waals surface area contributed by atoms with E-state index in [1.165, 1.54) is 17.5 Å². The fraction of sp³-hybridized carbons (Fsp3) is 0.333. The van der Waals surface area contributed by atoms with Crippen molar-refractivity contribution in [2.45, 2.75) is 19.3 Å². The second-order valence-electron chi connectivity index (χ2n) is 4.90. The lowest BCUT2D eigenvalue weighted by atomic mass is 10.1. The van der Waals surface area contributed by atoms with Crippen LogP contribution in [0.25, 0.3) is 0 Å². The van der Waals surface area contributed by atoms with Crippen molar-refractivity contribution in [2.75, 3.05) is 6.61 Å². The van der Waals surface area contributed by atoms with Crippen molar-refractivity contribution in [2.24, 2.45) is 5.92 Å². The number of rotatable bonds is 4. The predicted molar refractivity (Wildman–Crippen MR) is 69.6 cm³/mol. The van der Waals surface area contributed by atoms with Crippen LogP contribution in [0.2, 0.25) is 0 Å². The highest BCUT2D eigenvalue weighted by Gasteiger charge is 2.39. The van der Waals surface area contributed by atoms with Crippen molar-refractivity contribution in [1.29, 1.82) is 0 Å². The second-order valence-corrected chi connectivity index (χ2v) is 4.90. The lowest BCUT2D eigenvalue weighted by molar-refractivity contribution is 0.296. The number of nitrogens with zero attached hydrogens (tertiary/aromatic N) is 2. The molecule has 1 aliphatic rings. The third-order valence-corrected chi connectivity index (χ3v) is 3.35. The van der Waals surface area contributed by atoms with Crippen molar-refractivity contribution in [3.63, 3.8) is 0 Å². The Morgan fingerprint density at radius 3 is 3.00 bits per heavy atom. The molecule has 0 spiro atoms. The molecule has 1 saturated carbocycles. The maximum Gasteiger partial charge on any atom is 0.137 e. The number of aryl methyl sites for hydroxylation is 1. The Labute approximate surface area is 107 Å². The van der Waals surface area contributed by atoms with E-state index in [1.807, 2.05) is 24.5 Å². The molecule has 0 saturated heterocycles. The van der Waals surface area contributed by atoms with E-state index < -0.39 is 0 Å². The highest BCUT2D eigenvalue weighted by atomic mass is 16.5. The topological polar surface area (TPSA) is 35.0 Å². The highest BCUT2D eigenvalue weighted by molar-refractivity contribution is 5.26. The molecule has 0 bridgehead atoms. The molecule has 3 nitrogen and oxygen atoms in total. The van der Waals surface area contributed by atoms with Crippen molar-refractivity contribution in [3.8, 4) is 5.75 Å². The minimum atomic E-state index is 0.619. The number of pyridine rings is 2. The van der Waals surface area contributed by atoms with E-state index in [1.54, 1.807) is 12.4 Å². The molecule has 0 aromatic carbocycles. The maximum atomic E-state index is 5.73. The van der Waals surface area contributed by atoms with Gasteiger partial charge in [-0.25, -0.2) is 0 Å². The van der Waals surface area contributed by atoms with Crippen LogP contribution in [0.3, 0.4) is 0 Å². The first-order valence-electron chi connectivity index (χ1n) is 6.27. The van der Waals surface area contributed by atoms with Gasteiger partial charge in [-0.05, 0) is 42.5 Å². The van der Waals surface area contributed by atoms with E-state index in [0.717, 1.165) is 12.4 Å². The summed E-state index contributed by atoms with van der Waals surface area (Å²) in [6.07, 6.45) is 8.58. The Balaban J connectivity index is 1.56. The quantitative estimate of drug-likeness (QED) is 0.824.